The quantitative estimate of drug-likeness (QED) is 0.288. The van der Waals surface area contributed by atoms with Gasteiger partial charge >= 0.3 is 18.9 Å². The van der Waals surface area contributed by atoms with Crippen molar-refractivity contribution >= 4 is 17.4 Å². The van der Waals surface area contributed by atoms with Gasteiger partial charge in [-0.05, 0) is 0 Å². The second-order valence-electron chi connectivity index (χ2n) is 0. The number of hydrogen-bond donors (Lipinski definition) is 1. The zero-order valence-electron chi connectivity index (χ0n) is 3.45. The Morgan fingerprint density at radius 3 is 1.75 bits per heavy atom. The van der Waals surface area contributed by atoms with Crippen molar-refractivity contribution in [2.24, 2.45) is 0 Å². The van der Waals surface area contributed by atoms with Crippen molar-refractivity contribution in [1.82, 2.24) is 0 Å². The third-order valence-corrected chi connectivity index (χ3v) is 0. The van der Waals surface area contributed by atoms with Gasteiger partial charge in [-0.1, -0.05) is 0 Å². The first-order chi connectivity index (χ1) is 1.00. The maximum absolute atomic E-state index is 7.00. The number of hydrogen-bond acceptors (Lipinski definition) is 1. The zero-order chi connectivity index (χ0) is 2.00. The molecule has 0 radical (unpaired) electrons. The van der Waals surface area contributed by atoms with Gasteiger partial charge in [0.15, 0.2) is 17.4 Å². The summed E-state index contributed by atoms with van der Waals surface area (Å²) in [6.45, 7) is 0. The number of aliphatic hydroxyl groups is 1. The van der Waals surface area contributed by atoms with E-state index in [9.17, 15) is 0 Å². The molecule has 24 valence electrons. The molecule has 1 nitrogen and oxygen atoms in total. The van der Waals surface area contributed by atoms with Crippen LogP contribution in [0.4, 0.5) is 0 Å². The molecule has 0 fully saturated rings. The Morgan fingerprint density at radius 1 is 1.75 bits per heavy atom. The van der Waals surface area contributed by atoms with E-state index in [1.807, 2.05) is 0 Å². The van der Waals surface area contributed by atoms with E-state index in [1.54, 1.807) is 0 Å². The predicted molar refractivity (Wildman–Crippen MR) is 21.3 cm³/mol. The second kappa shape index (κ2) is 32.9. The molecule has 0 aliphatic heterocycles. The number of aliphatic hydroxyl groups excluding tert-OH is 1. The summed E-state index contributed by atoms with van der Waals surface area (Å²) in [4.78, 5) is 0. The summed E-state index contributed by atoms with van der Waals surface area (Å²) >= 11 is 0. The molecule has 1 N–H and O–H groups in total. The second-order valence-corrected chi connectivity index (χ2v) is 0. The summed E-state index contributed by atoms with van der Waals surface area (Å²) in [6.07, 6.45) is 0. The van der Waals surface area contributed by atoms with Crippen molar-refractivity contribution in [3.05, 3.63) is 0 Å². The Balaban J connectivity index is -0.000000000833. The van der Waals surface area contributed by atoms with Crippen LogP contribution in [0.5, 0.6) is 0 Å². The van der Waals surface area contributed by atoms with Crippen LogP contribution in [0.1, 0.15) is 2.85 Å². The molecule has 0 aliphatic rings. The molecular weight excluding hydrogens is 61.9 g/mol. The maximum Gasteiger partial charge on any atom is 1.00 e. The van der Waals surface area contributed by atoms with Gasteiger partial charge in [-0.3, -0.25) is 0 Å². The third kappa shape index (κ3) is 11.4. The van der Waals surface area contributed by atoms with E-state index in [2.05, 4.69) is 0 Å². The molecule has 0 atom stereocenters. The Hall–Kier alpha value is 1.09. The minimum Gasteiger partial charge on any atom is -1.00 e. The Labute approximate surface area is 51.7 Å². The molecule has 0 saturated heterocycles. The minimum absolute atomic E-state index is 0. The van der Waals surface area contributed by atoms with Crippen LogP contribution in [0, 0.1) is 0 Å². The normalized spacial score (nSPS) is 1.50. The van der Waals surface area contributed by atoms with E-state index in [0.717, 1.165) is 7.11 Å². The molecule has 0 aromatic carbocycles. The van der Waals surface area contributed by atoms with Crippen LogP contribution in [0.2, 0.25) is 0 Å². The van der Waals surface area contributed by atoms with Crippen molar-refractivity contribution in [3.63, 3.8) is 0 Å². The first-order valence-corrected chi connectivity index (χ1v) is 0.447. The van der Waals surface area contributed by atoms with Gasteiger partial charge in [-0.2, -0.15) is 0 Å². The first kappa shape index (κ1) is 19.5. The van der Waals surface area contributed by atoms with E-state index in [0.29, 0.717) is 0 Å². The monoisotopic (exact) mass is 72.1 g/mol. The smallest absolute Gasteiger partial charge is 1.00 e. The molecule has 3 heteroatoms. The van der Waals surface area contributed by atoms with Gasteiger partial charge < -0.3 is 6.53 Å². The molecule has 0 spiro atoms. The van der Waals surface area contributed by atoms with E-state index >= 15 is 0 Å². The fourth-order valence-electron chi connectivity index (χ4n) is 0. The van der Waals surface area contributed by atoms with E-state index in [4.69, 9.17) is 5.11 Å². The van der Waals surface area contributed by atoms with E-state index < -0.39 is 0 Å². The van der Waals surface area contributed by atoms with Gasteiger partial charge in [0.2, 0.25) is 0 Å². The average Bonchev–Trinajstić information content (AvgIpc) is 1.00. The van der Waals surface area contributed by atoms with Crippen molar-refractivity contribution in [2.75, 3.05) is 7.11 Å². The summed E-state index contributed by atoms with van der Waals surface area (Å²) in [6, 6.07) is 0. The fourth-order valence-corrected chi connectivity index (χ4v) is 0. The Kier molecular flexibility index (Phi) is 160. The minimum atomic E-state index is 0. The van der Waals surface area contributed by atoms with Crippen molar-refractivity contribution < 1.29 is 26.8 Å². The summed E-state index contributed by atoms with van der Waals surface area (Å²) in [5, 5.41) is 7.00. The van der Waals surface area contributed by atoms with Crippen LogP contribution < -0.4 is 18.9 Å². The van der Waals surface area contributed by atoms with Crippen LogP contribution >= 0.6 is 0 Å². The van der Waals surface area contributed by atoms with Crippen LogP contribution in [-0.4, -0.2) is 29.6 Å². The van der Waals surface area contributed by atoms with Gasteiger partial charge in [-0.15, -0.1) is 0 Å². The van der Waals surface area contributed by atoms with Crippen molar-refractivity contribution in [3.8, 4) is 0 Å². The molecule has 0 aliphatic carbocycles. The van der Waals surface area contributed by atoms with E-state index in [-0.39, 0.29) is 39.1 Å². The maximum atomic E-state index is 7.00. The fraction of sp³-hybridized carbons (Fsp3) is 1.00. The SMILES string of the molecule is CO.[AlH3].[H-].[HH].[Li+]. The van der Waals surface area contributed by atoms with Crippen molar-refractivity contribution in [1.29, 1.82) is 0 Å². The summed E-state index contributed by atoms with van der Waals surface area (Å²) in [7, 11) is 1.00. The first-order valence-electron chi connectivity index (χ1n) is 0.447. The molecule has 0 rings (SSSR count). The zero-order valence-corrected chi connectivity index (χ0v) is 2.45. The molecule has 0 saturated carbocycles. The Morgan fingerprint density at radius 2 is 1.75 bits per heavy atom. The Bertz CT molecular complexity index is 13.5. The number of rotatable bonds is 0. The van der Waals surface area contributed by atoms with Crippen LogP contribution in [0.25, 0.3) is 0 Å². The molecule has 0 amide bonds. The molecular formula is CH10AlLiO. The average molecular weight is 72.0 g/mol. The summed E-state index contributed by atoms with van der Waals surface area (Å²) < 4.78 is 0. The third-order valence-electron chi connectivity index (χ3n) is 0. The van der Waals surface area contributed by atoms with Gasteiger partial charge in [0.1, 0.15) is 0 Å². The van der Waals surface area contributed by atoms with Crippen molar-refractivity contribution in [2.45, 2.75) is 0 Å². The molecule has 0 bridgehead atoms. The van der Waals surface area contributed by atoms with Crippen LogP contribution in [0.3, 0.4) is 0 Å². The van der Waals surface area contributed by atoms with E-state index in [1.165, 1.54) is 0 Å². The van der Waals surface area contributed by atoms with Crippen LogP contribution in [-0.2, 0) is 0 Å². The summed E-state index contributed by atoms with van der Waals surface area (Å²) in [5.74, 6) is 0. The molecule has 4 heavy (non-hydrogen) atoms. The van der Waals surface area contributed by atoms with Crippen LogP contribution in [0.15, 0.2) is 0 Å². The topological polar surface area (TPSA) is 20.2 Å². The van der Waals surface area contributed by atoms with Gasteiger partial charge in [0, 0.05) is 8.54 Å². The standard InChI is InChI=1S/CH4O.Al.Li.H2.4H/c1-2;;;;;;;/h2H,1H3;;;1H;;;;/q;;+1;;;;;-1. The van der Waals surface area contributed by atoms with Gasteiger partial charge in [0.25, 0.3) is 0 Å². The molecule has 0 aromatic heterocycles. The van der Waals surface area contributed by atoms with Gasteiger partial charge in [-0.25, -0.2) is 0 Å². The molecule has 0 aromatic rings. The molecule has 0 unspecified atom stereocenters. The largest absolute Gasteiger partial charge is 1.00 e. The molecule has 0 heterocycles. The van der Waals surface area contributed by atoms with Gasteiger partial charge in [0.05, 0.1) is 0 Å². The summed E-state index contributed by atoms with van der Waals surface area (Å²) in [5.41, 5.74) is 0. The predicted octanol–water partition coefficient (Wildman–Crippen LogP) is -4.21.